The average molecular weight is 459 g/mol. The molecule has 1 fully saturated rings. The van der Waals surface area contributed by atoms with Crippen molar-refractivity contribution in [2.24, 2.45) is 0 Å². The Kier molecular flexibility index (Phi) is 4.18. The van der Waals surface area contributed by atoms with Crippen LogP contribution in [0.4, 0.5) is 11.4 Å². The Morgan fingerprint density at radius 3 is 2.43 bits per heavy atom. The van der Waals surface area contributed by atoms with E-state index in [2.05, 4.69) is 19.1 Å². The zero-order valence-corrected chi connectivity index (χ0v) is 19.4. The van der Waals surface area contributed by atoms with E-state index in [1.807, 2.05) is 31.7 Å². The van der Waals surface area contributed by atoms with Crippen LogP contribution in [0.2, 0.25) is 10.0 Å². The van der Waals surface area contributed by atoms with Gasteiger partial charge >= 0.3 is 0 Å². The Hall–Kier alpha value is -1.95. The predicted octanol–water partition coefficient (Wildman–Crippen LogP) is 5.78. The fourth-order valence-electron chi connectivity index (χ4n) is 4.95. The molecule has 1 saturated heterocycles. The van der Waals surface area contributed by atoms with Gasteiger partial charge in [-0.2, -0.15) is 0 Å². The summed E-state index contributed by atoms with van der Waals surface area (Å²) in [5.74, 6) is -0.000554. The van der Waals surface area contributed by atoms with Gasteiger partial charge in [0.25, 0.3) is 5.91 Å². The highest BCUT2D eigenvalue weighted by atomic mass is 35.5. The lowest BCUT2D eigenvalue weighted by Gasteiger charge is -2.40. The summed E-state index contributed by atoms with van der Waals surface area (Å²) in [6, 6.07) is 9.23. The Morgan fingerprint density at radius 1 is 1.00 bits per heavy atom. The third-order valence-corrected chi connectivity index (χ3v) is 8.16. The SMILES string of the molecule is CC1=CC(C)(C)N2C(=O)C3(SCC(=O)N3c3ccc(Cl)c(Cl)c3)c3cc(C)cc1c32. The summed E-state index contributed by atoms with van der Waals surface area (Å²) < 4.78 is 0. The van der Waals surface area contributed by atoms with Crippen molar-refractivity contribution in [3.8, 4) is 0 Å². The van der Waals surface area contributed by atoms with Crippen LogP contribution in [-0.4, -0.2) is 23.1 Å². The fraction of sp³-hybridized carbons (Fsp3) is 0.304. The summed E-state index contributed by atoms with van der Waals surface area (Å²) in [5.41, 5.74) is 5.08. The molecule has 0 saturated carbocycles. The largest absolute Gasteiger partial charge is 0.299 e. The van der Waals surface area contributed by atoms with Crippen LogP contribution < -0.4 is 9.80 Å². The predicted molar refractivity (Wildman–Crippen MR) is 124 cm³/mol. The average Bonchev–Trinajstić information content (AvgIpc) is 3.13. The van der Waals surface area contributed by atoms with E-state index < -0.39 is 10.4 Å². The van der Waals surface area contributed by atoms with Crippen LogP contribution in [0.1, 0.15) is 37.5 Å². The summed E-state index contributed by atoms with van der Waals surface area (Å²) in [4.78, 5) is 29.6. The van der Waals surface area contributed by atoms with E-state index in [1.54, 1.807) is 23.1 Å². The van der Waals surface area contributed by atoms with Gasteiger partial charge in [-0.3, -0.25) is 19.4 Å². The number of carbonyl (C=O) groups is 2. The van der Waals surface area contributed by atoms with E-state index in [1.165, 1.54) is 11.8 Å². The maximum absolute atomic E-state index is 14.1. The van der Waals surface area contributed by atoms with Crippen LogP contribution in [0.15, 0.2) is 36.4 Å². The third-order valence-electron chi connectivity index (χ3n) is 6.04. The van der Waals surface area contributed by atoms with Crippen molar-refractivity contribution in [2.45, 2.75) is 38.1 Å². The normalized spacial score (nSPS) is 24.0. The van der Waals surface area contributed by atoms with Crippen LogP contribution >= 0.6 is 35.0 Å². The first-order valence-corrected chi connectivity index (χ1v) is 11.4. The summed E-state index contributed by atoms with van der Waals surface area (Å²) in [5, 5.41) is 0.758. The number of hydrogen-bond acceptors (Lipinski definition) is 3. The first-order valence-electron chi connectivity index (χ1n) is 9.69. The van der Waals surface area contributed by atoms with E-state index in [4.69, 9.17) is 23.2 Å². The zero-order valence-electron chi connectivity index (χ0n) is 17.0. The second-order valence-electron chi connectivity index (χ2n) is 8.59. The molecule has 0 aromatic heterocycles. The molecule has 154 valence electrons. The molecular weight excluding hydrogens is 439 g/mol. The molecule has 2 aromatic rings. The van der Waals surface area contributed by atoms with E-state index in [0.29, 0.717) is 15.7 Å². The van der Waals surface area contributed by atoms with Crippen molar-refractivity contribution in [1.29, 1.82) is 0 Å². The van der Waals surface area contributed by atoms with Gasteiger partial charge in [0.2, 0.25) is 10.8 Å². The topological polar surface area (TPSA) is 40.6 Å². The Labute approximate surface area is 189 Å². The van der Waals surface area contributed by atoms with Gasteiger partial charge in [-0.05, 0) is 63.1 Å². The van der Waals surface area contributed by atoms with Gasteiger partial charge < -0.3 is 0 Å². The summed E-state index contributed by atoms with van der Waals surface area (Å²) in [6.07, 6.45) is 2.13. The maximum Gasteiger partial charge on any atom is 0.269 e. The standard InChI is InChI=1S/C23H20Cl2N2O2S/c1-12-7-15-13(2)10-22(3,4)27-20(15)16(8-12)23(21(27)29)26(19(28)11-30-23)14-5-6-17(24)18(25)9-14/h5-10H,11H2,1-4H3. The van der Waals surface area contributed by atoms with Crippen LogP contribution in [0.5, 0.6) is 0 Å². The van der Waals surface area contributed by atoms with Crippen LogP contribution in [0, 0.1) is 6.92 Å². The van der Waals surface area contributed by atoms with Crippen molar-refractivity contribution in [2.75, 3.05) is 15.6 Å². The summed E-state index contributed by atoms with van der Waals surface area (Å²) >= 11 is 13.8. The van der Waals surface area contributed by atoms with Crippen molar-refractivity contribution in [3.05, 3.63) is 63.1 Å². The summed E-state index contributed by atoms with van der Waals surface area (Å²) in [6.45, 7) is 8.17. The minimum atomic E-state index is -1.15. The number of hydrogen-bond donors (Lipinski definition) is 0. The number of carbonyl (C=O) groups excluding carboxylic acids is 2. The molecule has 1 atom stereocenters. The molecule has 1 spiro atoms. The van der Waals surface area contributed by atoms with E-state index >= 15 is 0 Å². The van der Waals surface area contributed by atoms with Crippen molar-refractivity contribution >= 4 is 63.7 Å². The first-order chi connectivity index (χ1) is 14.1. The minimum Gasteiger partial charge on any atom is -0.299 e. The maximum atomic E-state index is 14.1. The zero-order chi connectivity index (χ0) is 21.6. The number of nitrogens with zero attached hydrogens (tertiary/aromatic N) is 2. The molecule has 3 aliphatic rings. The molecule has 5 rings (SSSR count). The molecule has 0 radical (unpaired) electrons. The van der Waals surface area contributed by atoms with Gasteiger partial charge in [0.15, 0.2) is 0 Å². The molecule has 3 heterocycles. The lowest BCUT2D eigenvalue weighted by molar-refractivity contribution is -0.124. The van der Waals surface area contributed by atoms with E-state index in [-0.39, 0.29) is 17.6 Å². The van der Waals surface area contributed by atoms with Gasteiger partial charge in [0.05, 0.1) is 27.0 Å². The molecule has 0 bridgehead atoms. The summed E-state index contributed by atoms with van der Waals surface area (Å²) in [7, 11) is 0. The molecule has 3 aliphatic heterocycles. The Bertz CT molecular complexity index is 1190. The van der Waals surface area contributed by atoms with E-state index in [0.717, 1.165) is 28.0 Å². The van der Waals surface area contributed by atoms with Gasteiger partial charge in [-0.15, -0.1) is 11.8 Å². The number of anilines is 2. The molecule has 7 heteroatoms. The fourth-order valence-corrected chi connectivity index (χ4v) is 6.56. The Balaban J connectivity index is 1.82. The van der Waals surface area contributed by atoms with Crippen LogP contribution in [0.3, 0.4) is 0 Å². The smallest absolute Gasteiger partial charge is 0.269 e. The number of rotatable bonds is 1. The van der Waals surface area contributed by atoms with Crippen LogP contribution in [0.25, 0.3) is 5.57 Å². The molecule has 4 nitrogen and oxygen atoms in total. The highest BCUT2D eigenvalue weighted by Crippen LogP contribution is 2.60. The number of thioether (sulfide) groups is 1. The van der Waals surface area contributed by atoms with Gasteiger partial charge in [0.1, 0.15) is 0 Å². The number of fused-ring (bicyclic) bond motifs is 1. The van der Waals surface area contributed by atoms with Crippen LogP contribution in [-0.2, 0) is 14.5 Å². The highest BCUT2D eigenvalue weighted by Gasteiger charge is 2.64. The molecule has 2 amide bonds. The lowest BCUT2D eigenvalue weighted by atomic mass is 9.88. The molecule has 1 unspecified atom stereocenters. The highest BCUT2D eigenvalue weighted by molar-refractivity contribution is 8.02. The molecule has 2 aromatic carbocycles. The number of aryl methyl sites for hydroxylation is 1. The Morgan fingerprint density at radius 2 is 1.73 bits per heavy atom. The molecular formula is C23H20Cl2N2O2S. The number of allylic oxidation sites excluding steroid dienone is 1. The van der Waals surface area contributed by atoms with E-state index in [9.17, 15) is 9.59 Å². The first kappa shape index (κ1) is 20.0. The van der Waals surface area contributed by atoms with Gasteiger partial charge in [-0.1, -0.05) is 35.3 Å². The minimum absolute atomic E-state index is 0.0972. The molecule has 0 N–H and O–H groups in total. The second kappa shape index (κ2) is 6.28. The third kappa shape index (κ3) is 2.43. The lowest BCUT2D eigenvalue weighted by Crippen LogP contribution is -2.54. The number of halogens is 2. The number of benzene rings is 2. The molecule has 0 aliphatic carbocycles. The van der Waals surface area contributed by atoms with Crippen molar-refractivity contribution in [1.82, 2.24) is 0 Å². The van der Waals surface area contributed by atoms with Gasteiger partial charge in [-0.25, -0.2) is 0 Å². The van der Waals surface area contributed by atoms with Gasteiger partial charge in [0, 0.05) is 16.8 Å². The monoisotopic (exact) mass is 458 g/mol. The second-order valence-corrected chi connectivity index (χ2v) is 10.6. The van der Waals surface area contributed by atoms with Crippen molar-refractivity contribution in [3.63, 3.8) is 0 Å². The molecule has 30 heavy (non-hydrogen) atoms. The number of amides is 2. The van der Waals surface area contributed by atoms with Crippen molar-refractivity contribution < 1.29 is 9.59 Å². The quantitative estimate of drug-likeness (QED) is 0.543.